The van der Waals surface area contributed by atoms with Gasteiger partial charge in [-0.25, -0.2) is 0 Å². The van der Waals surface area contributed by atoms with E-state index in [1.165, 1.54) is 6.92 Å². The Hall–Kier alpha value is -0.0900. The summed E-state index contributed by atoms with van der Waals surface area (Å²) in [6.07, 6.45) is 1.31. The van der Waals surface area contributed by atoms with Gasteiger partial charge < -0.3 is 0 Å². The van der Waals surface area contributed by atoms with Crippen molar-refractivity contribution in [1.82, 2.24) is 0 Å². The molecule has 0 aliphatic heterocycles. The van der Waals surface area contributed by atoms with Crippen molar-refractivity contribution < 1.29 is 13.0 Å². The van der Waals surface area contributed by atoms with Crippen LogP contribution in [-0.2, 0) is 10.1 Å². The molecule has 0 fully saturated rings. The van der Waals surface area contributed by atoms with Gasteiger partial charge in [-0.3, -0.25) is 4.55 Å². The van der Waals surface area contributed by atoms with E-state index in [0.717, 1.165) is 6.42 Å². The van der Waals surface area contributed by atoms with Crippen molar-refractivity contribution in [2.24, 2.45) is 0 Å². The van der Waals surface area contributed by atoms with Gasteiger partial charge >= 0.3 is 0 Å². The molecule has 0 aliphatic rings. The van der Waals surface area contributed by atoms with Crippen LogP contribution in [0.2, 0.25) is 0 Å². The Bertz CT molecular complexity index is 159. The molecule has 9 heavy (non-hydrogen) atoms. The second kappa shape index (κ2) is 3.17. The average Bonchev–Trinajstić information content (AvgIpc) is 1.64. The van der Waals surface area contributed by atoms with Gasteiger partial charge in [0, 0.05) is 0 Å². The second-order valence-corrected chi connectivity index (χ2v) is 3.95. The first-order valence-corrected chi connectivity index (χ1v) is 4.45. The molecule has 56 valence electrons. The molecule has 4 heteroatoms. The molecule has 0 heterocycles. The van der Waals surface area contributed by atoms with Crippen LogP contribution in [0.4, 0.5) is 0 Å². The van der Waals surface area contributed by atoms with Gasteiger partial charge in [0.05, 0.1) is 5.25 Å². The Kier molecular flexibility index (Phi) is 3.14. The minimum atomic E-state index is -3.76. The van der Waals surface area contributed by atoms with E-state index >= 15 is 0 Å². The summed E-state index contributed by atoms with van der Waals surface area (Å²) in [5, 5.41) is -0.609. The summed E-state index contributed by atoms with van der Waals surface area (Å²) in [6, 6.07) is 0. The van der Waals surface area contributed by atoms with Gasteiger partial charge in [0.15, 0.2) is 0 Å². The molecule has 0 aromatic carbocycles. The largest absolute Gasteiger partial charge is 0.285 e. The van der Waals surface area contributed by atoms with Crippen molar-refractivity contribution in [2.45, 2.75) is 31.9 Å². The van der Waals surface area contributed by atoms with Crippen molar-refractivity contribution in [3.05, 3.63) is 0 Å². The Morgan fingerprint density at radius 2 is 2.00 bits per heavy atom. The highest BCUT2D eigenvalue weighted by atomic mass is 32.2. The third-order valence-electron chi connectivity index (χ3n) is 1.20. The molecular formula is C5H12O3S. The van der Waals surface area contributed by atoms with Crippen molar-refractivity contribution in [3.63, 3.8) is 0 Å². The standard InChI is InChI=1S/C5H12O3S/c1-3-4-5(2)9(6,7)8/h5H,3-4H2,1-2H3,(H,6,7,8)/t5-/m1/s1. The third-order valence-corrected chi connectivity index (χ3v) is 2.46. The van der Waals surface area contributed by atoms with Crippen LogP contribution in [0, 0.1) is 0 Å². The van der Waals surface area contributed by atoms with Gasteiger partial charge in [0.25, 0.3) is 10.1 Å². The monoisotopic (exact) mass is 152 g/mol. The molecule has 0 aromatic heterocycles. The first-order chi connectivity index (χ1) is 3.98. The number of hydrogen-bond acceptors (Lipinski definition) is 2. The molecule has 0 saturated heterocycles. The van der Waals surface area contributed by atoms with Crippen LogP contribution < -0.4 is 0 Å². The Morgan fingerprint density at radius 1 is 1.56 bits per heavy atom. The average molecular weight is 152 g/mol. The molecule has 0 spiro atoms. The van der Waals surface area contributed by atoms with Crippen LogP contribution in [0.5, 0.6) is 0 Å². The zero-order valence-electron chi connectivity index (χ0n) is 5.66. The molecular weight excluding hydrogens is 140 g/mol. The molecule has 0 radical (unpaired) electrons. The molecule has 0 aromatic rings. The highest BCUT2D eigenvalue weighted by Gasteiger charge is 2.14. The second-order valence-electron chi connectivity index (χ2n) is 2.11. The van der Waals surface area contributed by atoms with Crippen LogP contribution in [0.1, 0.15) is 26.7 Å². The van der Waals surface area contributed by atoms with E-state index in [-0.39, 0.29) is 0 Å². The molecule has 0 unspecified atom stereocenters. The summed E-state index contributed by atoms with van der Waals surface area (Å²) < 4.78 is 28.9. The zero-order chi connectivity index (χ0) is 7.49. The fourth-order valence-electron chi connectivity index (χ4n) is 0.555. The predicted octanol–water partition coefficient (Wildman–Crippen LogP) is 1.06. The van der Waals surface area contributed by atoms with Crippen LogP contribution in [0.25, 0.3) is 0 Å². The quantitative estimate of drug-likeness (QED) is 0.615. The topological polar surface area (TPSA) is 54.4 Å². The lowest BCUT2D eigenvalue weighted by Crippen LogP contribution is -2.15. The maximum absolute atomic E-state index is 10.3. The summed E-state index contributed by atoms with van der Waals surface area (Å²) in [4.78, 5) is 0. The summed E-state index contributed by atoms with van der Waals surface area (Å²) in [7, 11) is -3.76. The lowest BCUT2D eigenvalue weighted by molar-refractivity contribution is 0.465. The maximum Gasteiger partial charge on any atom is 0.267 e. The highest BCUT2D eigenvalue weighted by Crippen LogP contribution is 2.04. The van der Waals surface area contributed by atoms with Crippen LogP contribution >= 0.6 is 0 Å². The SMILES string of the molecule is CCC[C@@H](C)S(=O)(=O)O. The molecule has 0 bridgehead atoms. The van der Waals surface area contributed by atoms with E-state index in [1.54, 1.807) is 0 Å². The smallest absolute Gasteiger partial charge is 0.267 e. The van der Waals surface area contributed by atoms with E-state index in [2.05, 4.69) is 0 Å². The fourth-order valence-corrected chi connectivity index (χ4v) is 1.09. The summed E-state index contributed by atoms with van der Waals surface area (Å²) in [5.74, 6) is 0. The van der Waals surface area contributed by atoms with E-state index in [4.69, 9.17) is 4.55 Å². The zero-order valence-corrected chi connectivity index (χ0v) is 6.48. The Labute approximate surface area is 55.8 Å². The summed E-state index contributed by atoms with van der Waals surface area (Å²) in [6.45, 7) is 3.38. The first-order valence-electron chi connectivity index (χ1n) is 2.94. The van der Waals surface area contributed by atoms with Crippen molar-refractivity contribution in [1.29, 1.82) is 0 Å². The van der Waals surface area contributed by atoms with Gasteiger partial charge in [-0.05, 0) is 13.3 Å². The van der Waals surface area contributed by atoms with Gasteiger partial charge in [0.1, 0.15) is 0 Å². The highest BCUT2D eigenvalue weighted by molar-refractivity contribution is 7.86. The molecule has 0 saturated carbocycles. The van der Waals surface area contributed by atoms with Gasteiger partial charge in [-0.15, -0.1) is 0 Å². The van der Waals surface area contributed by atoms with E-state index in [1.807, 2.05) is 6.92 Å². The molecule has 1 N–H and O–H groups in total. The molecule has 0 aliphatic carbocycles. The van der Waals surface area contributed by atoms with Crippen molar-refractivity contribution in [3.8, 4) is 0 Å². The number of hydrogen-bond donors (Lipinski definition) is 1. The number of rotatable bonds is 3. The van der Waals surface area contributed by atoms with Crippen LogP contribution in [-0.4, -0.2) is 18.2 Å². The predicted molar refractivity (Wildman–Crippen MR) is 35.9 cm³/mol. The van der Waals surface area contributed by atoms with Crippen molar-refractivity contribution >= 4 is 10.1 Å². The van der Waals surface area contributed by atoms with Crippen molar-refractivity contribution in [2.75, 3.05) is 0 Å². The maximum atomic E-state index is 10.3. The van der Waals surface area contributed by atoms with E-state index in [9.17, 15) is 8.42 Å². The Morgan fingerprint density at radius 3 is 2.11 bits per heavy atom. The molecule has 0 amide bonds. The van der Waals surface area contributed by atoms with Gasteiger partial charge in [-0.1, -0.05) is 13.3 Å². The van der Waals surface area contributed by atoms with E-state index < -0.39 is 15.4 Å². The normalized spacial score (nSPS) is 15.4. The van der Waals surface area contributed by atoms with Crippen LogP contribution in [0.3, 0.4) is 0 Å². The lowest BCUT2D eigenvalue weighted by atomic mass is 10.3. The molecule has 3 nitrogen and oxygen atoms in total. The fraction of sp³-hybridized carbons (Fsp3) is 1.00. The summed E-state index contributed by atoms with van der Waals surface area (Å²) in [5.41, 5.74) is 0. The molecule has 0 rings (SSSR count). The third kappa shape index (κ3) is 3.48. The Balaban J connectivity index is 3.90. The summed E-state index contributed by atoms with van der Waals surface area (Å²) >= 11 is 0. The first kappa shape index (κ1) is 8.91. The van der Waals surface area contributed by atoms with E-state index in [0.29, 0.717) is 6.42 Å². The van der Waals surface area contributed by atoms with Gasteiger partial charge in [0.2, 0.25) is 0 Å². The van der Waals surface area contributed by atoms with Gasteiger partial charge in [-0.2, -0.15) is 8.42 Å². The van der Waals surface area contributed by atoms with Crippen LogP contribution in [0.15, 0.2) is 0 Å². The minimum absolute atomic E-state index is 0.527. The molecule has 1 atom stereocenters. The minimum Gasteiger partial charge on any atom is -0.285 e. The lowest BCUT2D eigenvalue weighted by Gasteiger charge is -2.03.